The highest BCUT2D eigenvalue weighted by Crippen LogP contribution is 2.45. The Morgan fingerprint density at radius 1 is 1.02 bits per heavy atom. The third-order valence-electron chi connectivity index (χ3n) is 5.84. The molecule has 0 aliphatic carbocycles. The number of halogens is 6. The summed E-state index contributed by atoms with van der Waals surface area (Å²) in [5.74, 6) is -3.61. The number of carbonyl (C=O) groups is 1. The van der Waals surface area contributed by atoms with Gasteiger partial charge in [-0.05, 0) is 67.8 Å². The summed E-state index contributed by atoms with van der Waals surface area (Å²) in [7, 11) is 0. The minimum Gasteiger partial charge on any atom is -0.482 e. The number of rotatable bonds is 9. The lowest BCUT2D eigenvalue weighted by atomic mass is 10.1. The fraction of sp³-hybridized carbons (Fsp3) is 0.214. The molecule has 0 spiro atoms. The number of alkyl halides is 3. The summed E-state index contributed by atoms with van der Waals surface area (Å²) in [6.07, 6.45) is -4.71. The molecule has 12 heteroatoms. The van der Waals surface area contributed by atoms with Crippen molar-refractivity contribution < 1.29 is 41.0 Å². The van der Waals surface area contributed by atoms with Crippen LogP contribution >= 0.6 is 23.1 Å². The molecule has 3 aromatic carbocycles. The van der Waals surface area contributed by atoms with E-state index >= 15 is 0 Å². The van der Waals surface area contributed by atoms with Gasteiger partial charge in [-0.1, -0.05) is 12.1 Å². The molecule has 1 atom stereocenters. The van der Waals surface area contributed by atoms with Crippen LogP contribution in [0.15, 0.2) is 59.5 Å². The lowest BCUT2D eigenvalue weighted by molar-refractivity contribution is -0.140. The van der Waals surface area contributed by atoms with E-state index in [1.165, 1.54) is 17.8 Å². The highest BCUT2D eigenvalue weighted by molar-refractivity contribution is 7.99. The molecule has 0 bridgehead atoms. The second-order valence-electron chi connectivity index (χ2n) is 8.82. The molecule has 0 fully saturated rings. The van der Waals surface area contributed by atoms with Crippen molar-refractivity contribution in [1.82, 2.24) is 4.98 Å². The smallest absolute Gasteiger partial charge is 0.419 e. The maximum absolute atomic E-state index is 14.6. The van der Waals surface area contributed by atoms with Gasteiger partial charge < -0.3 is 9.84 Å². The van der Waals surface area contributed by atoms with E-state index in [0.29, 0.717) is 33.0 Å². The van der Waals surface area contributed by atoms with Gasteiger partial charge in [0.05, 0.1) is 11.3 Å². The second-order valence-corrected chi connectivity index (χ2v) is 11.1. The molecule has 0 amide bonds. The second kappa shape index (κ2) is 11.9. The van der Waals surface area contributed by atoms with Crippen molar-refractivity contribution in [3.05, 3.63) is 99.3 Å². The number of aliphatic carboxylic acids is 1. The Balaban J connectivity index is 1.69. The fourth-order valence-corrected chi connectivity index (χ4v) is 6.54. The predicted octanol–water partition coefficient (Wildman–Crippen LogP) is 8.40. The first kappa shape index (κ1) is 29.5. The summed E-state index contributed by atoms with van der Waals surface area (Å²) in [6.45, 7) is 2.93. The van der Waals surface area contributed by atoms with Crippen molar-refractivity contribution in [3.63, 3.8) is 0 Å². The summed E-state index contributed by atoms with van der Waals surface area (Å²) < 4.78 is 86.7. The standard InChI is InChI=1S/C28H21F6NO3S2/c1-14-9-19(6-8-23(14)38-13-25(36)37)39-24(11-16-3-5-18(29)12-21(16)30)26-15(2)35-27(40-26)17-4-7-20(22(31)10-17)28(32,33)34/h3-10,12,24H,11,13H2,1-2H3,(H,36,37). The molecule has 0 saturated heterocycles. The monoisotopic (exact) mass is 597 g/mol. The Morgan fingerprint density at radius 3 is 2.40 bits per heavy atom. The Labute approximate surface area is 233 Å². The Bertz CT molecular complexity index is 1550. The molecule has 4 nitrogen and oxygen atoms in total. The third kappa shape index (κ3) is 6.97. The first-order valence-corrected chi connectivity index (χ1v) is 13.4. The van der Waals surface area contributed by atoms with E-state index < -0.39 is 47.0 Å². The number of hydrogen-bond donors (Lipinski definition) is 1. The van der Waals surface area contributed by atoms with Crippen molar-refractivity contribution in [2.24, 2.45) is 0 Å². The number of ether oxygens (including phenoxy) is 1. The third-order valence-corrected chi connectivity index (χ3v) is 8.53. The predicted molar refractivity (Wildman–Crippen MR) is 140 cm³/mol. The fourth-order valence-electron chi connectivity index (χ4n) is 3.94. The molecular weight excluding hydrogens is 576 g/mol. The largest absolute Gasteiger partial charge is 0.482 e. The molecule has 1 heterocycles. The van der Waals surface area contributed by atoms with Crippen LogP contribution in [0.4, 0.5) is 26.3 Å². The normalized spacial score (nSPS) is 12.4. The number of thiazole rings is 1. The summed E-state index contributed by atoms with van der Waals surface area (Å²) in [5, 5.41) is 8.69. The van der Waals surface area contributed by atoms with Crippen LogP contribution in [0, 0.1) is 31.3 Å². The number of aromatic nitrogens is 1. The van der Waals surface area contributed by atoms with Gasteiger partial charge in [0.15, 0.2) is 6.61 Å². The van der Waals surface area contributed by atoms with Gasteiger partial charge >= 0.3 is 12.1 Å². The van der Waals surface area contributed by atoms with Crippen LogP contribution in [0.3, 0.4) is 0 Å². The first-order valence-electron chi connectivity index (χ1n) is 11.7. The van der Waals surface area contributed by atoms with Crippen LogP contribution in [0.2, 0.25) is 0 Å². The average molecular weight is 598 g/mol. The van der Waals surface area contributed by atoms with Gasteiger partial charge in [-0.2, -0.15) is 13.2 Å². The minimum absolute atomic E-state index is 0.122. The number of benzene rings is 3. The van der Waals surface area contributed by atoms with Gasteiger partial charge in [0.25, 0.3) is 0 Å². The molecule has 1 N–H and O–H groups in total. The minimum atomic E-state index is -4.83. The van der Waals surface area contributed by atoms with E-state index in [0.717, 1.165) is 40.5 Å². The Morgan fingerprint density at radius 2 is 1.77 bits per heavy atom. The van der Waals surface area contributed by atoms with Crippen LogP contribution in [-0.2, 0) is 17.4 Å². The van der Waals surface area contributed by atoms with E-state index in [9.17, 15) is 31.1 Å². The molecule has 1 unspecified atom stereocenters. The summed E-state index contributed by atoms with van der Waals surface area (Å²) in [6, 6.07) is 11.0. The molecule has 40 heavy (non-hydrogen) atoms. The Kier molecular flexibility index (Phi) is 8.79. The number of hydrogen-bond acceptors (Lipinski definition) is 5. The van der Waals surface area contributed by atoms with Gasteiger partial charge in [-0.25, -0.2) is 22.9 Å². The van der Waals surface area contributed by atoms with Crippen LogP contribution in [0.1, 0.15) is 32.5 Å². The van der Waals surface area contributed by atoms with Crippen molar-refractivity contribution in [3.8, 4) is 16.3 Å². The molecule has 0 saturated carbocycles. The molecule has 1 aromatic heterocycles. The highest BCUT2D eigenvalue weighted by atomic mass is 32.2. The van der Waals surface area contributed by atoms with Crippen molar-refractivity contribution in [2.75, 3.05) is 6.61 Å². The first-order chi connectivity index (χ1) is 18.8. The van der Waals surface area contributed by atoms with Gasteiger partial charge in [-0.3, -0.25) is 0 Å². The summed E-state index contributed by atoms with van der Waals surface area (Å²) in [4.78, 5) is 16.7. The Hall–Kier alpha value is -3.51. The van der Waals surface area contributed by atoms with E-state index in [1.54, 1.807) is 32.0 Å². The molecule has 4 aromatic rings. The highest BCUT2D eigenvalue weighted by Gasteiger charge is 2.34. The topological polar surface area (TPSA) is 59.4 Å². The molecule has 0 aliphatic heterocycles. The maximum Gasteiger partial charge on any atom is 0.419 e. The summed E-state index contributed by atoms with van der Waals surface area (Å²) in [5.41, 5.74) is 0.221. The lowest BCUT2D eigenvalue weighted by Crippen LogP contribution is -2.10. The van der Waals surface area contributed by atoms with Crippen LogP contribution in [0.5, 0.6) is 5.75 Å². The zero-order valence-electron chi connectivity index (χ0n) is 21.0. The molecule has 0 radical (unpaired) electrons. The van der Waals surface area contributed by atoms with Crippen LogP contribution in [0.25, 0.3) is 10.6 Å². The summed E-state index contributed by atoms with van der Waals surface area (Å²) >= 11 is 2.49. The number of carboxylic acid groups (broad SMARTS) is 1. The van der Waals surface area contributed by atoms with Crippen molar-refractivity contribution in [1.29, 1.82) is 0 Å². The van der Waals surface area contributed by atoms with E-state index in [4.69, 9.17) is 9.84 Å². The van der Waals surface area contributed by atoms with Gasteiger partial charge in [-0.15, -0.1) is 23.1 Å². The number of carboxylic acids is 1. The van der Waals surface area contributed by atoms with Crippen molar-refractivity contribution >= 4 is 29.1 Å². The van der Waals surface area contributed by atoms with E-state index in [2.05, 4.69) is 4.98 Å². The van der Waals surface area contributed by atoms with E-state index in [-0.39, 0.29) is 17.5 Å². The zero-order chi connectivity index (χ0) is 29.2. The molecular formula is C28H21F6NO3S2. The number of thioether (sulfide) groups is 1. The number of aryl methyl sites for hydroxylation is 2. The van der Waals surface area contributed by atoms with Crippen LogP contribution < -0.4 is 4.74 Å². The zero-order valence-corrected chi connectivity index (χ0v) is 22.6. The molecule has 0 aliphatic rings. The van der Waals surface area contributed by atoms with Crippen molar-refractivity contribution in [2.45, 2.75) is 36.6 Å². The number of nitrogens with zero attached hydrogens (tertiary/aromatic N) is 1. The maximum atomic E-state index is 14.6. The van der Waals surface area contributed by atoms with Gasteiger partial charge in [0, 0.05) is 26.7 Å². The molecule has 210 valence electrons. The average Bonchev–Trinajstić information content (AvgIpc) is 3.25. The van der Waals surface area contributed by atoms with Gasteiger partial charge in [0.1, 0.15) is 28.2 Å². The van der Waals surface area contributed by atoms with Gasteiger partial charge in [0.2, 0.25) is 0 Å². The SMILES string of the molecule is Cc1cc(SC(Cc2ccc(F)cc2F)c2sc(-c3ccc(C(F)(F)F)c(F)c3)nc2C)ccc1OCC(=O)O. The van der Waals surface area contributed by atoms with E-state index in [1.807, 2.05) is 0 Å². The van der Waals surface area contributed by atoms with Crippen LogP contribution in [-0.4, -0.2) is 22.7 Å². The quantitative estimate of drug-likeness (QED) is 0.155. The lowest BCUT2D eigenvalue weighted by Gasteiger charge is -2.18. The molecule has 4 rings (SSSR count).